The largest absolute Gasteiger partial charge is 0.479 e. The number of anilines is 1. The van der Waals surface area contributed by atoms with Crippen LogP contribution < -0.4 is 15.4 Å². The van der Waals surface area contributed by atoms with E-state index in [0.29, 0.717) is 43.0 Å². The van der Waals surface area contributed by atoms with Crippen molar-refractivity contribution in [1.29, 1.82) is 0 Å². The first-order chi connectivity index (χ1) is 13.7. The van der Waals surface area contributed by atoms with E-state index in [0.717, 1.165) is 0 Å². The summed E-state index contributed by atoms with van der Waals surface area (Å²) in [7, 11) is -2.17. The molecule has 2 heterocycles. The molecular weight excluding hydrogens is 398 g/mol. The van der Waals surface area contributed by atoms with Gasteiger partial charge in [-0.3, -0.25) is 9.59 Å². The molecule has 0 aliphatic carbocycles. The van der Waals surface area contributed by atoms with Crippen molar-refractivity contribution in [2.75, 3.05) is 38.7 Å². The number of nitrogens with one attached hydrogen (secondary N) is 2. The highest BCUT2D eigenvalue weighted by molar-refractivity contribution is 7.89. The topological polar surface area (TPSA) is 114 Å². The van der Waals surface area contributed by atoms with Crippen LogP contribution in [0.5, 0.6) is 5.75 Å². The number of ether oxygens (including phenoxy) is 2. The molecule has 2 amide bonds. The number of methoxy groups -OCH3 is 1. The molecule has 29 heavy (non-hydrogen) atoms. The highest BCUT2D eigenvalue weighted by Gasteiger charge is 2.34. The maximum Gasteiger partial charge on any atom is 0.265 e. The van der Waals surface area contributed by atoms with Crippen molar-refractivity contribution in [3.8, 4) is 5.75 Å². The first kappa shape index (κ1) is 21.5. The maximum absolute atomic E-state index is 13.2. The number of fused-ring (bicyclic) bond motifs is 1. The summed E-state index contributed by atoms with van der Waals surface area (Å²) in [6, 6.07) is 3.08. The quantitative estimate of drug-likeness (QED) is 0.654. The minimum absolute atomic E-state index is 0.0674. The molecule has 10 heteroatoms. The number of aryl methyl sites for hydroxylation is 1. The van der Waals surface area contributed by atoms with E-state index in [1.807, 2.05) is 0 Å². The normalized spacial score (nSPS) is 20.5. The lowest BCUT2D eigenvalue weighted by Gasteiger charge is -2.31. The summed E-state index contributed by atoms with van der Waals surface area (Å²) in [5.41, 5.74) is 0.998. The zero-order valence-electron chi connectivity index (χ0n) is 16.9. The van der Waals surface area contributed by atoms with Crippen molar-refractivity contribution in [1.82, 2.24) is 9.62 Å². The summed E-state index contributed by atoms with van der Waals surface area (Å²) >= 11 is 0. The highest BCUT2D eigenvalue weighted by Crippen LogP contribution is 2.36. The van der Waals surface area contributed by atoms with Crippen molar-refractivity contribution < 1.29 is 27.5 Å². The third-order valence-corrected chi connectivity index (χ3v) is 7.30. The Morgan fingerprint density at radius 3 is 2.69 bits per heavy atom. The van der Waals surface area contributed by atoms with E-state index in [9.17, 15) is 18.0 Å². The number of rotatable bonds is 6. The monoisotopic (exact) mass is 425 g/mol. The lowest BCUT2D eigenvalue weighted by molar-refractivity contribution is -0.126. The molecular formula is C19H27N3O6S. The van der Waals surface area contributed by atoms with Crippen LogP contribution >= 0.6 is 0 Å². The summed E-state index contributed by atoms with van der Waals surface area (Å²) < 4.78 is 38.3. The summed E-state index contributed by atoms with van der Waals surface area (Å²) in [6.07, 6.45) is 0.241. The van der Waals surface area contributed by atoms with Gasteiger partial charge in [0.1, 0.15) is 5.75 Å². The lowest BCUT2D eigenvalue weighted by atomic mass is 9.97. The van der Waals surface area contributed by atoms with Gasteiger partial charge in [-0.15, -0.1) is 0 Å². The molecule has 1 aromatic rings. The molecule has 0 unspecified atom stereocenters. The van der Waals surface area contributed by atoms with Crippen LogP contribution in [0.1, 0.15) is 25.3 Å². The van der Waals surface area contributed by atoms with Gasteiger partial charge in [0.25, 0.3) is 5.91 Å². The Kier molecular flexibility index (Phi) is 6.45. The zero-order chi connectivity index (χ0) is 21.2. The number of benzene rings is 1. The number of sulfonamides is 1. The Balaban J connectivity index is 1.71. The van der Waals surface area contributed by atoms with Crippen molar-refractivity contribution in [3.05, 3.63) is 17.7 Å². The van der Waals surface area contributed by atoms with Gasteiger partial charge in [0.05, 0.1) is 17.2 Å². The first-order valence-corrected chi connectivity index (χ1v) is 11.1. The molecule has 0 bridgehead atoms. The average Bonchev–Trinajstić information content (AvgIpc) is 2.69. The van der Waals surface area contributed by atoms with Crippen LogP contribution in [0.25, 0.3) is 0 Å². The number of nitrogens with zero attached hydrogens (tertiary/aromatic N) is 1. The number of hydrogen-bond donors (Lipinski definition) is 2. The zero-order valence-corrected chi connectivity index (χ0v) is 17.7. The molecule has 160 valence electrons. The Bertz CT molecular complexity index is 893. The standard InChI is InChI=1S/C19H27N3O6S/c1-12-10-15-16(28-13(2)18(23)21-15)11-17(12)29(25,26)22-7-4-14(5-8-22)19(24)20-6-9-27-3/h10-11,13-14H,4-9H2,1-3H3,(H,20,24)(H,21,23)/t13-/m0/s1. The minimum atomic E-state index is -3.74. The van der Waals surface area contributed by atoms with Gasteiger partial charge < -0.3 is 20.1 Å². The Labute approximate surface area is 170 Å². The third-order valence-electron chi connectivity index (χ3n) is 5.26. The van der Waals surface area contributed by atoms with Gasteiger partial charge in [-0.2, -0.15) is 4.31 Å². The SMILES string of the molecule is COCCNC(=O)C1CCN(S(=O)(=O)c2cc3c(cc2C)NC(=O)[C@H](C)O3)CC1. The van der Waals surface area contributed by atoms with Gasteiger partial charge in [-0.25, -0.2) is 8.42 Å². The molecule has 0 saturated carbocycles. The van der Waals surface area contributed by atoms with E-state index in [-0.39, 0.29) is 35.7 Å². The van der Waals surface area contributed by atoms with Crippen molar-refractivity contribution in [2.24, 2.45) is 5.92 Å². The molecule has 1 saturated heterocycles. The Morgan fingerprint density at radius 1 is 1.34 bits per heavy atom. The lowest BCUT2D eigenvalue weighted by Crippen LogP contribution is -2.43. The molecule has 0 radical (unpaired) electrons. The summed E-state index contributed by atoms with van der Waals surface area (Å²) in [4.78, 5) is 24.1. The van der Waals surface area contributed by atoms with Gasteiger partial charge in [-0.1, -0.05) is 0 Å². The van der Waals surface area contributed by atoms with E-state index in [4.69, 9.17) is 9.47 Å². The fraction of sp³-hybridized carbons (Fsp3) is 0.579. The smallest absolute Gasteiger partial charge is 0.265 e. The predicted molar refractivity (Wildman–Crippen MR) is 106 cm³/mol. The van der Waals surface area contributed by atoms with Crippen LogP contribution in [-0.4, -0.2) is 64.0 Å². The van der Waals surface area contributed by atoms with Crippen LogP contribution in [0.3, 0.4) is 0 Å². The van der Waals surface area contributed by atoms with Crippen molar-refractivity contribution in [2.45, 2.75) is 37.7 Å². The van der Waals surface area contributed by atoms with E-state index < -0.39 is 16.1 Å². The fourth-order valence-corrected chi connectivity index (χ4v) is 5.23. The van der Waals surface area contributed by atoms with Crippen LogP contribution in [0, 0.1) is 12.8 Å². The molecule has 3 rings (SSSR count). The summed E-state index contributed by atoms with van der Waals surface area (Å²) in [6.45, 7) is 4.72. The fourth-order valence-electron chi connectivity index (χ4n) is 3.54. The Morgan fingerprint density at radius 2 is 2.03 bits per heavy atom. The molecule has 1 fully saturated rings. The minimum Gasteiger partial charge on any atom is -0.479 e. The second kappa shape index (κ2) is 8.68. The molecule has 0 spiro atoms. The molecule has 9 nitrogen and oxygen atoms in total. The summed E-state index contributed by atoms with van der Waals surface area (Å²) in [5, 5.41) is 5.53. The second-order valence-corrected chi connectivity index (χ2v) is 9.23. The molecule has 1 aromatic carbocycles. The van der Waals surface area contributed by atoms with Gasteiger partial charge >= 0.3 is 0 Å². The second-order valence-electron chi connectivity index (χ2n) is 7.33. The van der Waals surface area contributed by atoms with Crippen LogP contribution in [0.2, 0.25) is 0 Å². The number of hydrogen-bond acceptors (Lipinski definition) is 6. The molecule has 2 N–H and O–H groups in total. The predicted octanol–water partition coefficient (Wildman–Crippen LogP) is 0.878. The van der Waals surface area contributed by atoms with Gasteiger partial charge in [0.2, 0.25) is 15.9 Å². The van der Waals surface area contributed by atoms with Crippen molar-refractivity contribution in [3.63, 3.8) is 0 Å². The number of carbonyl (C=O) groups is 2. The van der Waals surface area contributed by atoms with E-state index in [1.165, 1.54) is 10.4 Å². The maximum atomic E-state index is 13.2. The van der Waals surface area contributed by atoms with Gasteiger partial charge in [0, 0.05) is 38.7 Å². The number of amides is 2. The molecule has 2 aliphatic rings. The average molecular weight is 426 g/mol. The van der Waals surface area contributed by atoms with Crippen LogP contribution in [-0.2, 0) is 24.3 Å². The van der Waals surface area contributed by atoms with Gasteiger partial charge in [0.15, 0.2) is 6.10 Å². The molecule has 0 aromatic heterocycles. The van der Waals surface area contributed by atoms with Crippen molar-refractivity contribution >= 4 is 27.5 Å². The van der Waals surface area contributed by atoms with Crippen LogP contribution in [0.4, 0.5) is 5.69 Å². The Hall–Kier alpha value is -2.17. The number of carbonyl (C=O) groups excluding carboxylic acids is 2. The summed E-state index contributed by atoms with van der Waals surface area (Å²) in [5.74, 6) is -0.198. The van der Waals surface area contributed by atoms with E-state index in [2.05, 4.69) is 10.6 Å². The number of piperidine rings is 1. The highest BCUT2D eigenvalue weighted by atomic mass is 32.2. The van der Waals surface area contributed by atoms with E-state index >= 15 is 0 Å². The van der Waals surface area contributed by atoms with Crippen LogP contribution in [0.15, 0.2) is 17.0 Å². The molecule has 2 aliphatic heterocycles. The molecule has 1 atom stereocenters. The van der Waals surface area contributed by atoms with Gasteiger partial charge in [-0.05, 0) is 38.3 Å². The third kappa shape index (κ3) is 4.54. The van der Waals surface area contributed by atoms with E-state index in [1.54, 1.807) is 27.0 Å². The first-order valence-electron chi connectivity index (χ1n) is 9.63.